The van der Waals surface area contributed by atoms with Crippen molar-refractivity contribution < 1.29 is 23.1 Å². The molecule has 18 heavy (non-hydrogen) atoms. The fourth-order valence-electron chi connectivity index (χ4n) is 2.03. The van der Waals surface area contributed by atoms with Gasteiger partial charge in [-0.3, -0.25) is 0 Å². The van der Waals surface area contributed by atoms with Crippen LogP contribution in [0.1, 0.15) is 30.3 Å². The Bertz CT molecular complexity index is 436. The summed E-state index contributed by atoms with van der Waals surface area (Å²) in [7, 11) is 0. The van der Waals surface area contributed by atoms with Gasteiger partial charge < -0.3 is 15.0 Å². The van der Waals surface area contributed by atoms with Crippen LogP contribution in [0, 0.1) is 0 Å². The van der Waals surface area contributed by atoms with Crippen LogP contribution in [0.3, 0.4) is 0 Å². The molecule has 1 aromatic heterocycles. The highest BCUT2D eigenvalue weighted by Gasteiger charge is 2.34. The molecule has 2 heterocycles. The van der Waals surface area contributed by atoms with Crippen molar-refractivity contribution in [3.8, 4) is 0 Å². The van der Waals surface area contributed by atoms with Crippen molar-refractivity contribution in [2.45, 2.75) is 24.9 Å². The first kappa shape index (κ1) is 12.7. The summed E-state index contributed by atoms with van der Waals surface area (Å²) >= 11 is 0. The van der Waals surface area contributed by atoms with E-state index >= 15 is 0 Å². The Kier molecular flexibility index (Phi) is 3.18. The molecule has 1 fully saturated rings. The number of carboxylic acid groups (broad SMARTS) is 1. The van der Waals surface area contributed by atoms with Crippen molar-refractivity contribution in [2.24, 2.45) is 0 Å². The number of carbonyl (C=O) groups is 1. The SMILES string of the molecule is O=C(O)N1CCC(c2ncc(C(F)(F)F)[nH]2)CC1. The monoisotopic (exact) mass is 263 g/mol. The summed E-state index contributed by atoms with van der Waals surface area (Å²) in [5.74, 6) is 0.143. The van der Waals surface area contributed by atoms with E-state index in [1.54, 1.807) is 0 Å². The molecule has 5 nitrogen and oxygen atoms in total. The normalized spacial score (nSPS) is 18.1. The smallest absolute Gasteiger partial charge is 0.432 e. The van der Waals surface area contributed by atoms with Crippen molar-refractivity contribution in [3.63, 3.8) is 0 Å². The van der Waals surface area contributed by atoms with E-state index in [1.807, 2.05) is 0 Å². The summed E-state index contributed by atoms with van der Waals surface area (Å²) in [6.07, 6.45) is -3.68. The Hall–Kier alpha value is -1.73. The topological polar surface area (TPSA) is 69.2 Å². The minimum Gasteiger partial charge on any atom is -0.465 e. The maximum absolute atomic E-state index is 12.4. The molecule has 0 saturated carbocycles. The Labute approximate surface area is 101 Å². The van der Waals surface area contributed by atoms with Crippen LogP contribution < -0.4 is 0 Å². The van der Waals surface area contributed by atoms with Crippen LogP contribution in [0.2, 0.25) is 0 Å². The maximum atomic E-state index is 12.4. The van der Waals surface area contributed by atoms with Crippen molar-refractivity contribution in [3.05, 3.63) is 17.7 Å². The summed E-state index contributed by atoms with van der Waals surface area (Å²) in [6, 6.07) is 0. The van der Waals surface area contributed by atoms with Crippen molar-refractivity contribution >= 4 is 6.09 Å². The summed E-state index contributed by atoms with van der Waals surface area (Å²) in [6.45, 7) is 0.643. The van der Waals surface area contributed by atoms with Crippen LogP contribution in [0.25, 0.3) is 0 Å². The van der Waals surface area contributed by atoms with Gasteiger partial charge >= 0.3 is 12.3 Å². The van der Waals surface area contributed by atoms with Gasteiger partial charge in [-0.05, 0) is 12.8 Å². The first-order valence-corrected chi connectivity index (χ1v) is 5.48. The molecule has 8 heteroatoms. The molecule has 1 amide bonds. The fraction of sp³-hybridized carbons (Fsp3) is 0.600. The Morgan fingerprint density at radius 3 is 2.50 bits per heavy atom. The summed E-state index contributed by atoms with van der Waals surface area (Å²) < 4.78 is 37.1. The predicted molar refractivity (Wildman–Crippen MR) is 55.2 cm³/mol. The van der Waals surface area contributed by atoms with Gasteiger partial charge in [-0.25, -0.2) is 9.78 Å². The highest BCUT2D eigenvalue weighted by molar-refractivity contribution is 5.65. The number of imidazole rings is 1. The molecule has 0 aliphatic carbocycles. The zero-order chi connectivity index (χ0) is 13.3. The number of halogens is 3. The van der Waals surface area contributed by atoms with Crippen LogP contribution in [-0.4, -0.2) is 39.2 Å². The molecule has 0 aromatic carbocycles. The minimum atomic E-state index is -4.42. The molecule has 1 saturated heterocycles. The second-order valence-electron chi connectivity index (χ2n) is 4.22. The first-order chi connectivity index (χ1) is 8.38. The molecular weight excluding hydrogens is 251 g/mol. The van der Waals surface area contributed by atoms with Gasteiger partial charge in [0.2, 0.25) is 0 Å². The van der Waals surface area contributed by atoms with Crippen LogP contribution in [0.4, 0.5) is 18.0 Å². The number of likely N-dealkylation sites (tertiary alicyclic amines) is 1. The molecule has 1 aliphatic rings. The van der Waals surface area contributed by atoms with Gasteiger partial charge in [-0.1, -0.05) is 0 Å². The lowest BCUT2D eigenvalue weighted by Gasteiger charge is -2.28. The zero-order valence-electron chi connectivity index (χ0n) is 9.37. The molecule has 1 aliphatic heterocycles. The quantitative estimate of drug-likeness (QED) is 0.816. The van der Waals surface area contributed by atoms with Gasteiger partial charge in [0, 0.05) is 19.0 Å². The molecular formula is C10H12F3N3O2. The number of H-pyrrole nitrogens is 1. The number of amides is 1. The number of nitrogens with one attached hydrogen (secondary N) is 1. The molecule has 0 bridgehead atoms. The number of aromatic nitrogens is 2. The fourth-order valence-corrected chi connectivity index (χ4v) is 2.03. The lowest BCUT2D eigenvalue weighted by Crippen LogP contribution is -2.37. The van der Waals surface area contributed by atoms with Crippen molar-refractivity contribution in [2.75, 3.05) is 13.1 Å². The molecule has 2 rings (SSSR count). The van der Waals surface area contributed by atoms with E-state index in [1.165, 1.54) is 4.90 Å². The number of rotatable bonds is 1. The standard InChI is InChI=1S/C10H12F3N3O2/c11-10(12,13)7-5-14-8(15-7)6-1-3-16(4-2-6)9(17)18/h5-6H,1-4H2,(H,14,15)(H,17,18). The largest absolute Gasteiger partial charge is 0.465 e. The van der Waals surface area contributed by atoms with Crippen LogP contribution in [-0.2, 0) is 6.18 Å². The summed E-state index contributed by atoms with van der Waals surface area (Å²) in [5, 5.41) is 8.76. The van der Waals surface area contributed by atoms with Gasteiger partial charge in [0.15, 0.2) is 0 Å². The number of nitrogens with zero attached hydrogens (tertiary/aromatic N) is 2. The molecule has 0 radical (unpaired) electrons. The van der Waals surface area contributed by atoms with E-state index in [-0.39, 0.29) is 11.7 Å². The molecule has 0 atom stereocenters. The van der Waals surface area contributed by atoms with Gasteiger partial charge in [-0.15, -0.1) is 0 Å². The number of alkyl halides is 3. The summed E-state index contributed by atoms with van der Waals surface area (Å²) in [5.41, 5.74) is -0.863. The molecule has 0 spiro atoms. The van der Waals surface area contributed by atoms with Gasteiger partial charge in [0.25, 0.3) is 0 Å². The number of piperidine rings is 1. The zero-order valence-corrected chi connectivity index (χ0v) is 9.37. The van der Waals surface area contributed by atoms with Gasteiger partial charge in [0.1, 0.15) is 11.5 Å². The Morgan fingerprint density at radius 1 is 1.44 bits per heavy atom. The van der Waals surface area contributed by atoms with Gasteiger partial charge in [-0.2, -0.15) is 13.2 Å². The lowest BCUT2D eigenvalue weighted by molar-refractivity contribution is -0.141. The molecule has 100 valence electrons. The Morgan fingerprint density at radius 2 is 2.06 bits per heavy atom. The van der Waals surface area contributed by atoms with E-state index in [0.717, 1.165) is 6.20 Å². The third kappa shape index (κ3) is 2.57. The minimum absolute atomic E-state index is 0.142. The van der Waals surface area contributed by atoms with Crippen molar-refractivity contribution in [1.82, 2.24) is 14.9 Å². The average molecular weight is 263 g/mol. The number of hydrogen-bond donors (Lipinski definition) is 2. The third-order valence-corrected chi connectivity index (χ3v) is 3.05. The van der Waals surface area contributed by atoms with E-state index in [0.29, 0.717) is 25.9 Å². The highest BCUT2D eigenvalue weighted by Crippen LogP contribution is 2.31. The van der Waals surface area contributed by atoms with E-state index in [4.69, 9.17) is 5.11 Å². The van der Waals surface area contributed by atoms with E-state index in [9.17, 15) is 18.0 Å². The van der Waals surface area contributed by atoms with E-state index in [2.05, 4.69) is 9.97 Å². The second kappa shape index (κ2) is 4.51. The molecule has 2 N–H and O–H groups in total. The van der Waals surface area contributed by atoms with Gasteiger partial charge in [0.05, 0.1) is 6.20 Å². The first-order valence-electron chi connectivity index (χ1n) is 5.48. The van der Waals surface area contributed by atoms with E-state index < -0.39 is 18.0 Å². The molecule has 0 unspecified atom stereocenters. The Balaban J connectivity index is 2.02. The highest BCUT2D eigenvalue weighted by atomic mass is 19.4. The predicted octanol–water partition coefficient (Wildman–Crippen LogP) is 2.29. The number of hydrogen-bond acceptors (Lipinski definition) is 2. The van der Waals surface area contributed by atoms with Crippen molar-refractivity contribution in [1.29, 1.82) is 0 Å². The maximum Gasteiger partial charge on any atom is 0.432 e. The molecule has 1 aromatic rings. The van der Waals surface area contributed by atoms with Crippen LogP contribution >= 0.6 is 0 Å². The second-order valence-corrected chi connectivity index (χ2v) is 4.22. The summed E-state index contributed by atoms with van der Waals surface area (Å²) in [4.78, 5) is 17.9. The lowest BCUT2D eigenvalue weighted by atomic mass is 9.96. The third-order valence-electron chi connectivity index (χ3n) is 3.05. The van der Waals surface area contributed by atoms with Crippen LogP contribution in [0.5, 0.6) is 0 Å². The van der Waals surface area contributed by atoms with Crippen LogP contribution in [0.15, 0.2) is 6.20 Å². The number of aromatic amines is 1. The average Bonchev–Trinajstić information content (AvgIpc) is 2.78.